The van der Waals surface area contributed by atoms with Gasteiger partial charge in [0.15, 0.2) is 0 Å². The molecule has 0 aliphatic heterocycles. The third-order valence-corrected chi connectivity index (χ3v) is 2.82. The number of rotatable bonds is 6. The molecule has 0 aromatic carbocycles. The molecule has 0 atom stereocenters. The van der Waals surface area contributed by atoms with E-state index in [0.717, 1.165) is 0 Å². The van der Waals surface area contributed by atoms with Crippen molar-refractivity contribution in [3.63, 3.8) is 0 Å². The number of carbonyl (C=O) groups excluding carboxylic acids is 2. The van der Waals surface area contributed by atoms with Crippen molar-refractivity contribution in [2.24, 2.45) is 0 Å². The van der Waals surface area contributed by atoms with E-state index in [-0.39, 0.29) is 0 Å². The van der Waals surface area contributed by atoms with Crippen LogP contribution in [0.1, 0.15) is 0 Å². The van der Waals surface area contributed by atoms with Crippen LogP contribution in [0.5, 0.6) is 0 Å². The Kier molecular flexibility index (Phi) is 7.07. The van der Waals surface area contributed by atoms with Crippen LogP contribution in [0.3, 0.4) is 0 Å². The quantitative estimate of drug-likeness (QED) is 0.280. The van der Waals surface area contributed by atoms with Crippen molar-refractivity contribution in [3.05, 3.63) is 0 Å². The SMILES string of the molecule is O=C(OC(F)(OC(=O)C(F)(F)F)C(F)(F)C(F)(F)C(F)(F)C(F)(F)C(F)(F)F)C(F)(F)F. The van der Waals surface area contributed by atoms with Crippen LogP contribution in [0.4, 0.5) is 79.0 Å². The van der Waals surface area contributed by atoms with Gasteiger partial charge in [-0.15, -0.1) is 0 Å². The topological polar surface area (TPSA) is 52.6 Å². The van der Waals surface area contributed by atoms with Crippen molar-refractivity contribution in [1.29, 1.82) is 0 Å². The lowest BCUT2D eigenvalue weighted by Crippen LogP contribution is -2.72. The van der Waals surface area contributed by atoms with Gasteiger partial charge in [-0.2, -0.15) is 79.0 Å². The number of alkyl halides is 18. The third-order valence-electron chi connectivity index (χ3n) is 2.82. The summed E-state index contributed by atoms with van der Waals surface area (Å²) in [6.45, 7) is 0. The van der Waals surface area contributed by atoms with E-state index in [0.29, 0.717) is 0 Å². The van der Waals surface area contributed by atoms with Crippen LogP contribution in [0.15, 0.2) is 0 Å². The summed E-state index contributed by atoms with van der Waals surface area (Å²) in [6, 6.07) is -7.67. The summed E-state index contributed by atoms with van der Waals surface area (Å²) < 4.78 is 230. The summed E-state index contributed by atoms with van der Waals surface area (Å²) in [5, 5.41) is 0. The van der Waals surface area contributed by atoms with Crippen molar-refractivity contribution < 1.29 is 98.1 Å². The minimum atomic E-state index is -8.66. The molecule has 0 unspecified atom stereocenters. The molecular weight excluding hydrogens is 526 g/mol. The van der Waals surface area contributed by atoms with Crippen molar-refractivity contribution in [3.8, 4) is 0 Å². The number of ether oxygens (including phenoxy) is 2. The van der Waals surface area contributed by atoms with Gasteiger partial charge in [0.2, 0.25) is 0 Å². The molecule has 0 aromatic heterocycles. The van der Waals surface area contributed by atoms with Gasteiger partial charge in [-0.1, -0.05) is 0 Å². The molecule has 0 bridgehead atoms. The molecule has 0 N–H and O–H groups in total. The van der Waals surface area contributed by atoms with Gasteiger partial charge >= 0.3 is 60.2 Å². The van der Waals surface area contributed by atoms with Gasteiger partial charge in [0.25, 0.3) is 0 Å². The average Bonchev–Trinajstić information content (AvgIpc) is 2.50. The molecule has 0 heterocycles. The van der Waals surface area contributed by atoms with Crippen LogP contribution >= 0.6 is 0 Å². The summed E-state index contributed by atoms with van der Waals surface area (Å²) in [5.41, 5.74) is 0. The highest BCUT2D eigenvalue weighted by atomic mass is 19.4. The maximum absolute atomic E-state index is 13.9. The molecule has 190 valence electrons. The van der Waals surface area contributed by atoms with Gasteiger partial charge in [-0.3, -0.25) is 0 Å². The molecule has 22 heteroatoms. The molecule has 0 aliphatic carbocycles. The number of carbonyl (C=O) groups is 2. The first-order valence-corrected chi connectivity index (χ1v) is 6.38. The lowest BCUT2D eigenvalue weighted by Gasteiger charge is -2.40. The number of hydrogen-bond donors (Lipinski definition) is 0. The van der Waals surface area contributed by atoms with Crippen molar-refractivity contribution in [2.75, 3.05) is 0 Å². The number of hydrogen-bond acceptors (Lipinski definition) is 4. The summed E-state index contributed by atoms with van der Waals surface area (Å²) in [6.07, 6.45) is -21.5. The fourth-order valence-corrected chi connectivity index (χ4v) is 1.26. The summed E-state index contributed by atoms with van der Waals surface area (Å²) >= 11 is 0. The molecule has 0 saturated carbocycles. The molecule has 0 rings (SSSR count). The first-order chi connectivity index (χ1) is 13.5. The first-order valence-electron chi connectivity index (χ1n) is 6.38. The van der Waals surface area contributed by atoms with Gasteiger partial charge in [0.1, 0.15) is 0 Å². The molecule has 0 radical (unpaired) electrons. The highest BCUT2D eigenvalue weighted by Crippen LogP contribution is 2.60. The van der Waals surface area contributed by atoms with E-state index in [1.54, 1.807) is 9.47 Å². The standard InChI is InChI=1S/C10F18O4/c11-3(12,13)1(29)31-10(28,32-2(30)4(14,15)16)8(23,24)6(19,20)5(17,18)7(21,22)9(25,26)27. The van der Waals surface area contributed by atoms with Gasteiger partial charge < -0.3 is 9.47 Å². The second kappa shape index (κ2) is 7.63. The van der Waals surface area contributed by atoms with Gasteiger partial charge in [0.05, 0.1) is 0 Å². The average molecular weight is 526 g/mol. The summed E-state index contributed by atoms with van der Waals surface area (Å²) in [5.74, 6) is -43.2. The van der Waals surface area contributed by atoms with E-state index in [1.807, 2.05) is 0 Å². The molecule has 0 aliphatic rings. The molecule has 32 heavy (non-hydrogen) atoms. The van der Waals surface area contributed by atoms with Crippen LogP contribution in [-0.4, -0.2) is 60.2 Å². The van der Waals surface area contributed by atoms with Crippen LogP contribution in [0.25, 0.3) is 0 Å². The van der Waals surface area contributed by atoms with E-state index in [2.05, 4.69) is 0 Å². The summed E-state index contributed by atoms with van der Waals surface area (Å²) in [7, 11) is 0. The normalized spacial score (nSPS) is 15.4. The van der Waals surface area contributed by atoms with Gasteiger partial charge in [-0.25, -0.2) is 9.59 Å². The highest BCUT2D eigenvalue weighted by molar-refractivity contribution is 5.78. The van der Waals surface area contributed by atoms with Crippen LogP contribution in [-0.2, 0) is 19.1 Å². The fraction of sp³-hybridized carbons (Fsp3) is 0.800. The molecule has 0 aromatic rings. The first kappa shape index (κ1) is 29.7. The Morgan fingerprint density at radius 1 is 0.406 bits per heavy atom. The predicted octanol–water partition coefficient (Wildman–Crippen LogP) is 4.92. The zero-order valence-corrected chi connectivity index (χ0v) is 13.4. The molecule has 0 amide bonds. The predicted molar refractivity (Wildman–Crippen MR) is 54.0 cm³/mol. The molecule has 0 fully saturated rings. The van der Waals surface area contributed by atoms with Crippen molar-refractivity contribution in [2.45, 2.75) is 48.3 Å². The maximum Gasteiger partial charge on any atom is 0.491 e. The minimum Gasteiger partial charge on any atom is -0.383 e. The Morgan fingerprint density at radius 3 is 0.875 bits per heavy atom. The largest absolute Gasteiger partial charge is 0.491 e. The minimum absolute atomic E-state index is 1.75. The molecule has 4 nitrogen and oxygen atoms in total. The Morgan fingerprint density at radius 2 is 0.656 bits per heavy atom. The Labute approximate surface area is 160 Å². The Hall–Kier alpha value is -2.32. The number of esters is 2. The third kappa shape index (κ3) is 4.71. The van der Waals surface area contributed by atoms with E-state index in [1.165, 1.54) is 0 Å². The second-order valence-electron chi connectivity index (χ2n) is 5.11. The van der Waals surface area contributed by atoms with E-state index >= 15 is 0 Å². The zero-order chi connectivity index (χ0) is 26.6. The van der Waals surface area contributed by atoms with Gasteiger partial charge in [0, 0.05) is 0 Å². The van der Waals surface area contributed by atoms with Crippen LogP contribution in [0, 0.1) is 0 Å². The van der Waals surface area contributed by atoms with Gasteiger partial charge in [-0.05, 0) is 0 Å². The molecule has 0 saturated heterocycles. The monoisotopic (exact) mass is 526 g/mol. The highest BCUT2D eigenvalue weighted by Gasteiger charge is 2.92. The van der Waals surface area contributed by atoms with Crippen molar-refractivity contribution in [1.82, 2.24) is 0 Å². The summed E-state index contributed by atoms with van der Waals surface area (Å²) in [4.78, 5) is 20.7. The Bertz CT molecular complexity index is 700. The Balaban J connectivity index is 6.89. The molecular formula is C10F18O4. The lowest BCUT2D eigenvalue weighted by molar-refractivity contribution is -0.475. The van der Waals surface area contributed by atoms with E-state index in [4.69, 9.17) is 0 Å². The van der Waals surface area contributed by atoms with E-state index < -0.39 is 60.2 Å². The molecule has 0 spiro atoms. The smallest absolute Gasteiger partial charge is 0.383 e. The second-order valence-corrected chi connectivity index (χ2v) is 5.11. The zero-order valence-electron chi connectivity index (χ0n) is 13.4. The fourth-order valence-electron chi connectivity index (χ4n) is 1.26. The maximum atomic E-state index is 13.9. The van der Waals surface area contributed by atoms with E-state index in [9.17, 15) is 88.6 Å². The van der Waals surface area contributed by atoms with Crippen LogP contribution < -0.4 is 0 Å². The van der Waals surface area contributed by atoms with Crippen LogP contribution in [0.2, 0.25) is 0 Å². The lowest BCUT2D eigenvalue weighted by atomic mass is 9.97. The van der Waals surface area contributed by atoms with Crippen molar-refractivity contribution >= 4 is 11.9 Å². The number of halogens is 18.